The van der Waals surface area contributed by atoms with Crippen LogP contribution < -0.4 is 5.56 Å². The van der Waals surface area contributed by atoms with Crippen molar-refractivity contribution in [1.29, 1.82) is 0 Å². The van der Waals surface area contributed by atoms with E-state index in [9.17, 15) is 19.5 Å². The van der Waals surface area contributed by atoms with Crippen molar-refractivity contribution in [3.63, 3.8) is 0 Å². The average molecular weight is 534 g/mol. The summed E-state index contributed by atoms with van der Waals surface area (Å²) in [5.74, 6) is -0.564. The van der Waals surface area contributed by atoms with Crippen molar-refractivity contribution in [2.75, 3.05) is 27.2 Å². The second-order valence-corrected chi connectivity index (χ2v) is 10.6. The quantitative estimate of drug-likeness (QED) is 0.271. The number of piperidine rings is 1. The van der Waals surface area contributed by atoms with Crippen molar-refractivity contribution < 1.29 is 24.2 Å². The monoisotopic (exact) mass is 533 g/mol. The van der Waals surface area contributed by atoms with Crippen molar-refractivity contribution in [2.45, 2.75) is 58.3 Å². The molecule has 1 N–H and O–H groups in total. The smallest absolute Gasteiger partial charge is 0.310 e. The number of carbonyl (C=O) groups excluding carboxylic acids is 2. The molecule has 1 saturated heterocycles. The van der Waals surface area contributed by atoms with Gasteiger partial charge in [-0.05, 0) is 75.6 Å². The number of methoxy groups -OCH3 is 1. The molecule has 1 fully saturated rings. The number of aldehydes is 1. The Kier molecular flexibility index (Phi) is 7.31. The lowest BCUT2D eigenvalue weighted by atomic mass is 9.87. The number of pyridine rings is 2. The number of carbonyl (C=O) groups is 2. The Hall–Kier alpha value is -3.56. The highest BCUT2D eigenvalue weighted by Crippen LogP contribution is 2.40. The maximum absolute atomic E-state index is 13.9. The van der Waals surface area contributed by atoms with Gasteiger partial charge in [0.2, 0.25) is 0 Å². The van der Waals surface area contributed by atoms with Crippen molar-refractivity contribution >= 4 is 23.2 Å². The summed E-state index contributed by atoms with van der Waals surface area (Å²) in [6.45, 7) is 5.66. The van der Waals surface area contributed by atoms with Gasteiger partial charge in [0.05, 0.1) is 41.5 Å². The molecule has 0 radical (unpaired) electrons. The molecule has 0 aliphatic carbocycles. The summed E-state index contributed by atoms with van der Waals surface area (Å²) in [5.41, 5.74) is 2.57. The maximum Gasteiger partial charge on any atom is 0.310 e. The normalized spacial score (nSPS) is 17.0. The zero-order valence-electron chi connectivity index (χ0n) is 23.0. The number of aryl methyl sites for hydroxylation is 1. The van der Waals surface area contributed by atoms with Gasteiger partial charge in [0.25, 0.3) is 5.56 Å². The van der Waals surface area contributed by atoms with E-state index in [1.165, 1.54) is 7.11 Å². The minimum atomic E-state index is -1.62. The van der Waals surface area contributed by atoms with Crippen molar-refractivity contribution in [2.24, 2.45) is 5.92 Å². The molecular weight excluding hydrogens is 498 g/mol. The molecule has 9 heteroatoms. The molecule has 9 nitrogen and oxygen atoms in total. The largest absolute Gasteiger partial charge is 0.508 e. The van der Waals surface area contributed by atoms with E-state index in [-0.39, 0.29) is 30.3 Å². The predicted molar refractivity (Wildman–Crippen MR) is 147 cm³/mol. The SMILES string of the molecule is CCc1c2c(nc3ccc(O)cc13)-c1cc(C(C=O)(CC)OC(=O)C3CCN(C)CC3)c(COC)c(=O)n1C2. The van der Waals surface area contributed by atoms with Crippen LogP contribution in [0.5, 0.6) is 5.75 Å². The molecule has 0 saturated carbocycles. The van der Waals surface area contributed by atoms with E-state index in [0.717, 1.165) is 29.6 Å². The highest BCUT2D eigenvalue weighted by molar-refractivity contribution is 5.89. The Morgan fingerprint density at radius 3 is 2.59 bits per heavy atom. The summed E-state index contributed by atoms with van der Waals surface area (Å²) in [6.07, 6.45) is 2.82. The van der Waals surface area contributed by atoms with Gasteiger partial charge in [0.1, 0.15) is 5.75 Å². The molecule has 3 aromatic rings. The van der Waals surface area contributed by atoms with Crippen LogP contribution in [0.2, 0.25) is 0 Å². The van der Waals surface area contributed by atoms with E-state index >= 15 is 0 Å². The third kappa shape index (κ3) is 4.53. The molecule has 1 aromatic carbocycles. The van der Waals surface area contributed by atoms with E-state index in [0.29, 0.717) is 60.1 Å². The van der Waals surface area contributed by atoms with Crippen LogP contribution in [0.1, 0.15) is 55.4 Å². The Morgan fingerprint density at radius 2 is 1.95 bits per heavy atom. The third-order valence-corrected chi connectivity index (χ3v) is 8.30. The number of phenolic OH excluding ortho intramolecular Hbond substituents is 1. The molecule has 5 rings (SSSR count). The van der Waals surface area contributed by atoms with Crippen molar-refractivity contribution in [3.8, 4) is 17.1 Å². The van der Waals surface area contributed by atoms with Gasteiger partial charge in [0.15, 0.2) is 11.9 Å². The molecule has 2 aliphatic heterocycles. The number of hydrogen-bond acceptors (Lipinski definition) is 8. The van der Waals surface area contributed by atoms with Gasteiger partial charge in [-0.1, -0.05) is 13.8 Å². The average Bonchev–Trinajstić information content (AvgIpc) is 3.30. The number of fused-ring (bicyclic) bond motifs is 4. The second-order valence-electron chi connectivity index (χ2n) is 10.6. The number of aromatic nitrogens is 2. The van der Waals surface area contributed by atoms with E-state index < -0.39 is 11.6 Å². The molecule has 1 unspecified atom stereocenters. The van der Waals surface area contributed by atoms with Gasteiger partial charge in [-0.3, -0.25) is 14.4 Å². The fourth-order valence-electron chi connectivity index (χ4n) is 6.00. The second kappa shape index (κ2) is 10.5. The first-order valence-corrected chi connectivity index (χ1v) is 13.6. The third-order valence-electron chi connectivity index (χ3n) is 8.30. The summed E-state index contributed by atoms with van der Waals surface area (Å²) >= 11 is 0. The first-order valence-electron chi connectivity index (χ1n) is 13.6. The summed E-state index contributed by atoms with van der Waals surface area (Å²) in [5, 5.41) is 10.9. The predicted octanol–water partition coefficient (Wildman–Crippen LogP) is 3.53. The van der Waals surface area contributed by atoms with E-state index in [2.05, 4.69) is 4.90 Å². The molecule has 39 heavy (non-hydrogen) atoms. The van der Waals surface area contributed by atoms with E-state index in [1.54, 1.807) is 35.8 Å². The number of aromatic hydroxyl groups is 1. The van der Waals surface area contributed by atoms with Crippen LogP contribution >= 0.6 is 0 Å². The number of likely N-dealkylation sites (tertiary alicyclic amines) is 1. The van der Waals surface area contributed by atoms with Crippen molar-refractivity contribution in [1.82, 2.24) is 14.5 Å². The lowest BCUT2D eigenvalue weighted by molar-refractivity contribution is -0.170. The number of nitrogens with zero attached hydrogens (tertiary/aromatic N) is 3. The van der Waals surface area contributed by atoms with Gasteiger partial charge in [-0.15, -0.1) is 0 Å². The number of benzene rings is 1. The number of esters is 1. The van der Waals surface area contributed by atoms with Crippen LogP contribution in [0.15, 0.2) is 29.1 Å². The molecule has 0 amide bonds. The zero-order chi connectivity index (χ0) is 27.9. The molecule has 206 valence electrons. The van der Waals surface area contributed by atoms with Crippen LogP contribution in [-0.4, -0.2) is 59.1 Å². The highest BCUT2D eigenvalue weighted by atomic mass is 16.6. The number of hydrogen-bond donors (Lipinski definition) is 1. The van der Waals surface area contributed by atoms with Crippen LogP contribution in [0.3, 0.4) is 0 Å². The van der Waals surface area contributed by atoms with Gasteiger partial charge in [-0.2, -0.15) is 0 Å². The molecule has 2 aliphatic rings. The van der Waals surface area contributed by atoms with Crippen LogP contribution in [0.25, 0.3) is 22.3 Å². The van der Waals surface area contributed by atoms with Crippen LogP contribution in [0, 0.1) is 5.92 Å². The first-order chi connectivity index (χ1) is 18.8. The molecule has 2 aromatic heterocycles. The molecule has 0 spiro atoms. The number of rotatable bonds is 8. The first kappa shape index (κ1) is 27.0. The summed E-state index contributed by atoms with van der Waals surface area (Å²) in [4.78, 5) is 47.1. The molecule has 1 atom stereocenters. The van der Waals surface area contributed by atoms with Crippen LogP contribution in [0.4, 0.5) is 0 Å². The van der Waals surface area contributed by atoms with E-state index in [1.807, 2.05) is 14.0 Å². The minimum absolute atomic E-state index is 0.0317. The number of ether oxygens (including phenoxy) is 2. The summed E-state index contributed by atoms with van der Waals surface area (Å²) < 4.78 is 13.1. The topological polar surface area (TPSA) is 111 Å². The Labute approximate surface area is 227 Å². The lowest BCUT2D eigenvalue weighted by Crippen LogP contribution is -2.41. The fraction of sp³-hybridized carbons (Fsp3) is 0.467. The maximum atomic E-state index is 13.9. The highest BCUT2D eigenvalue weighted by Gasteiger charge is 2.41. The Balaban J connectivity index is 1.67. The van der Waals surface area contributed by atoms with Gasteiger partial charge in [0, 0.05) is 23.6 Å². The van der Waals surface area contributed by atoms with Gasteiger partial charge < -0.3 is 24.0 Å². The van der Waals surface area contributed by atoms with Crippen LogP contribution in [-0.2, 0) is 44.2 Å². The molecule has 4 heterocycles. The fourth-order valence-corrected chi connectivity index (χ4v) is 6.00. The molecule has 0 bridgehead atoms. The standard InChI is InChI=1S/C30H35N3O6/c1-5-20-21-13-19(35)7-8-25(21)31-27-22(20)15-33-26(27)14-24(23(16-38-4)28(33)36)30(6-2,17-34)39-29(37)18-9-11-32(3)12-10-18/h7-8,13-14,17-18,35H,5-6,9-12,15-16H2,1-4H3. The Morgan fingerprint density at radius 1 is 1.21 bits per heavy atom. The summed E-state index contributed by atoms with van der Waals surface area (Å²) in [6, 6.07) is 6.83. The number of phenols is 1. The minimum Gasteiger partial charge on any atom is -0.508 e. The molecular formula is C30H35N3O6. The van der Waals surface area contributed by atoms with Crippen molar-refractivity contribution in [3.05, 3.63) is 56.9 Å². The van der Waals surface area contributed by atoms with Gasteiger partial charge in [-0.25, -0.2) is 4.98 Å². The lowest BCUT2D eigenvalue weighted by Gasteiger charge is -2.33. The van der Waals surface area contributed by atoms with Gasteiger partial charge >= 0.3 is 5.97 Å². The Bertz CT molecular complexity index is 1510. The summed E-state index contributed by atoms with van der Waals surface area (Å²) in [7, 11) is 3.50. The zero-order valence-corrected chi connectivity index (χ0v) is 23.0. The van der Waals surface area contributed by atoms with E-state index in [4.69, 9.17) is 14.5 Å².